The third-order valence-electron chi connectivity index (χ3n) is 3.06. The van der Waals surface area contributed by atoms with Crippen molar-refractivity contribution < 1.29 is 18.3 Å². The maximum Gasteiger partial charge on any atom is 0.288 e. The minimum Gasteiger partial charge on any atom is -0.481 e. The van der Waals surface area contributed by atoms with Gasteiger partial charge in [-0.2, -0.15) is 8.78 Å². The zero-order valence-corrected chi connectivity index (χ0v) is 13.6. The lowest BCUT2D eigenvalue weighted by atomic mass is 10.2. The third kappa shape index (κ3) is 5.25. The highest BCUT2D eigenvalue weighted by molar-refractivity contribution is 7.99. The SMILES string of the molecule is Cc1ccc(O[C@@H](C)C(=O)Nc2ccccc2SC(F)F)cc1. The Balaban J connectivity index is 2.02. The number of halogens is 2. The first-order valence-corrected chi connectivity index (χ1v) is 7.91. The van der Waals surface area contributed by atoms with Gasteiger partial charge in [-0.05, 0) is 38.1 Å². The average Bonchev–Trinajstić information content (AvgIpc) is 2.51. The van der Waals surface area contributed by atoms with E-state index in [0.29, 0.717) is 28.1 Å². The average molecular weight is 337 g/mol. The van der Waals surface area contributed by atoms with Gasteiger partial charge in [0.2, 0.25) is 0 Å². The molecule has 6 heteroatoms. The molecular weight excluding hydrogens is 320 g/mol. The van der Waals surface area contributed by atoms with Crippen LogP contribution >= 0.6 is 11.8 Å². The highest BCUT2D eigenvalue weighted by Crippen LogP contribution is 2.31. The number of amides is 1. The topological polar surface area (TPSA) is 38.3 Å². The van der Waals surface area contributed by atoms with Gasteiger partial charge in [-0.1, -0.05) is 41.6 Å². The molecule has 0 bridgehead atoms. The summed E-state index contributed by atoms with van der Waals surface area (Å²) >= 11 is 0.395. The zero-order valence-electron chi connectivity index (χ0n) is 12.8. The van der Waals surface area contributed by atoms with Crippen LogP contribution in [0.15, 0.2) is 53.4 Å². The molecule has 122 valence electrons. The number of ether oxygens (including phenoxy) is 1. The molecule has 0 saturated heterocycles. The Labute approximate surface area is 138 Å². The van der Waals surface area contributed by atoms with Crippen molar-refractivity contribution in [3.8, 4) is 5.75 Å². The molecule has 0 aliphatic rings. The number of benzene rings is 2. The Hall–Kier alpha value is -2.08. The number of hydrogen-bond acceptors (Lipinski definition) is 3. The molecule has 0 aromatic heterocycles. The summed E-state index contributed by atoms with van der Waals surface area (Å²) in [6.45, 7) is 3.57. The van der Waals surface area contributed by atoms with Gasteiger partial charge in [-0.15, -0.1) is 0 Å². The largest absolute Gasteiger partial charge is 0.481 e. The molecule has 0 unspecified atom stereocenters. The fourth-order valence-electron chi connectivity index (χ4n) is 1.88. The van der Waals surface area contributed by atoms with E-state index in [4.69, 9.17) is 4.74 Å². The summed E-state index contributed by atoms with van der Waals surface area (Å²) in [7, 11) is 0. The minimum atomic E-state index is -2.55. The Bertz CT molecular complexity index is 662. The molecule has 0 aliphatic carbocycles. The monoisotopic (exact) mass is 337 g/mol. The first-order valence-electron chi connectivity index (χ1n) is 7.03. The molecule has 0 radical (unpaired) electrons. The quantitative estimate of drug-likeness (QED) is 0.776. The second-order valence-electron chi connectivity index (χ2n) is 4.94. The smallest absolute Gasteiger partial charge is 0.288 e. The van der Waals surface area contributed by atoms with Crippen molar-refractivity contribution in [2.45, 2.75) is 30.6 Å². The maximum atomic E-state index is 12.5. The van der Waals surface area contributed by atoms with E-state index in [0.717, 1.165) is 5.56 Å². The second-order valence-corrected chi connectivity index (χ2v) is 5.97. The predicted molar refractivity (Wildman–Crippen MR) is 88.2 cm³/mol. The minimum absolute atomic E-state index is 0.318. The van der Waals surface area contributed by atoms with Crippen molar-refractivity contribution in [2.24, 2.45) is 0 Å². The summed E-state index contributed by atoms with van der Waals surface area (Å²) in [4.78, 5) is 12.5. The van der Waals surface area contributed by atoms with Crippen molar-refractivity contribution in [3.63, 3.8) is 0 Å². The van der Waals surface area contributed by atoms with Gasteiger partial charge in [-0.25, -0.2) is 0 Å². The van der Waals surface area contributed by atoms with Crippen LogP contribution in [0.1, 0.15) is 12.5 Å². The zero-order chi connectivity index (χ0) is 16.8. The van der Waals surface area contributed by atoms with E-state index in [-0.39, 0.29) is 0 Å². The number of para-hydroxylation sites is 1. The number of thioether (sulfide) groups is 1. The highest BCUT2D eigenvalue weighted by Gasteiger charge is 2.17. The van der Waals surface area contributed by atoms with Crippen LogP contribution in [0.2, 0.25) is 0 Å². The van der Waals surface area contributed by atoms with Crippen molar-refractivity contribution >= 4 is 23.4 Å². The van der Waals surface area contributed by atoms with Crippen LogP contribution in [-0.2, 0) is 4.79 Å². The third-order valence-corrected chi connectivity index (χ3v) is 3.85. The van der Waals surface area contributed by atoms with Gasteiger partial charge in [0.05, 0.1) is 5.69 Å². The first kappa shape index (κ1) is 17.3. The molecule has 1 atom stereocenters. The molecule has 0 aliphatic heterocycles. The molecule has 3 nitrogen and oxygen atoms in total. The predicted octanol–water partition coefficient (Wildman–Crippen LogP) is 4.72. The number of aryl methyl sites for hydroxylation is 1. The Kier molecular flexibility index (Phi) is 5.98. The maximum absolute atomic E-state index is 12.5. The number of anilines is 1. The van der Waals surface area contributed by atoms with Crippen LogP contribution in [0.4, 0.5) is 14.5 Å². The molecule has 0 heterocycles. The van der Waals surface area contributed by atoms with Crippen molar-refractivity contribution in [1.82, 2.24) is 0 Å². The number of alkyl halides is 2. The fraction of sp³-hybridized carbons (Fsp3) is 0.235. The molecule has 2 rings (SSSR count). The Morgan fingerprint density at radius 3 is 2.43 bits per heavy atom. The van der Waals surface area contributed by atoms with Gasteiger partial charge < -0.3 is 10.1 Å². The summed E-state index contributed by atoms with van der Waals surface area (Å²) in [5.74, 6) is -2.37. The molecular formula is C17H17F2NO2S. The van der Waals surface area contributed by atoms with Gasteiger partial charge in [-0.3, -0.25) is 4.79 Å². The van der Waals surface area contributed by atoms with E-state index in [1.54, 1.807) is 37.3 Å². The number of carbonyl (C=O) groups is 1. The Morgan fingerprint density at radius 1 is 1.13 bits per heavy atom. The van der Waals surface area contributed by atoms with E-state index in [1.807, 2.05) is 19.1 Å². The van der Waals surface area contributed by atoms with Crippen LogP contribution in [0.25, 0.3) is 0 Å². The lowest BCUT2D eigenvalue weighted by Gasteiger charge is -2.16. The number of nitrogens with one attached hydrogen (secondary N) is 1. The molecule has 0 saturated carbocycles. The second kappa shape index (κ2) is 7.97. The van der Waals surface area contributed by atoms with Crippen molar-refractivity contribution in [3.05, 3.63) is 54.1 Å². The van der Waals surface area contributed by atoms with E-state index in [2.05, 4.69) is 5.32 Å². The summed E-state index contributed by atoms with van der Waals surface area (Å²) in [6.07, 6.45) is -0.748. The van der Waals surface area contributed by atoms with Crippen LogP contribution in [-0.4, -0.2) is 17.8 Å². The first-order chi connectivity index (χ1) is 11.0. The summed E-state index contributed by atoms with van der Waals surface area (Å²) in [5, 5.41) is 2.63. The van der Waals surface area contributed by atoms with Gasteiger partial charge >= 0.3 is 0 Å². The summed E-state index contributed by atoms with van der Waals surface area (Å²) < 4.78 is 30.6. The van der Waals surface area contributed by atoms with Crippen LogP contribution in [0, 0.1) is 6.92 Å². The van der Waals surface area contributed by atoms with Crippen molar-refractivity contribution in [1.29, 1.82) is 0 Å². The molecule has 23 heavy (non-hydrogen) atoms. The molecule has 1 N–H and O–H groups in total. The van der Waals surface area contributed by atoms with Crippen LogP contribution < -0.4 is 10.1 Å². The van der Waals surface area contributed by atoms with Gasteiger partial charge in [0, 0.05) is 4.90 Å². The van der Waals surface area contributed by atoms with E-state index in [9.17, 15) is 13.6 Å². The van der Waals surface area contributed by atoms with E-state index >= 15 is 0 Å². The Morgan fingerprint density at radius 2 is 1.78 bits per heavy atom. The van der Waals surface area contributed by atoms with Crippen LogP contribution in [0.3, 0.4) is 0 Å². The molecule has 1 amide bonds. The van der Waals surface area contributed by atoms with Crippen LogP contribution in [0.5, 0.6) is 5.75 Å². The number of carbonyl (C=O) groups excluding carboxylic acids is 1. The van der Waals surface area contributed by atoms with Crippen molar-refractivity contribution in [2.75, 3.05) is 5.32 Å². The van der Waals surface area contributed by atoms with E-state index in [1.165, 1.54) is 6.07 Å². The van der Waals surface area contributed by atoms with Gasteiger partial charge in [0.1, 0.15) is 5.75 Å². The standard InChI is InChI=1S/C17H17F2NO2S/c1-11-7-9-13(10-8-11)22-12(2)16(21)20-14-5-3-4-6-15(14)23-17(18)19/h3-10,12,17H,1-2H3,(H,20,21)/t12-/m0/s1. The van der Waals surface area contributed by atoms with Gasteiger partial charge in [0.15, 0.2) is 6.10 Å². The normalized spacial score (nSPS) is 12.0. The fourth-order valence-corrected chi connectivity index (χ4v) is 2.47. The lowest BCUT2D eigenvalue weighted by Crippen LogP contribution is -2.30. The van der Waals surface area contributed by atoms with Gasteiger partial charge in [0.25, 0.3) is 11.7 Å². The summed E-state index contributed by atoms with van der Waals surface area (Å²) in [6, 6.07) is 13.8. The molecule has 0 spiro atoms. The highest BCUT2D eigenvalue weighted by atomic mass is 32.2. The molecule has 0 fully saturated rings. The lowest BCUT2D eigenvalue weighted by molar-refractivity contribution is -0.122. The number of hydrogen-bond donors (Lipinski definition) is 1. The summed E-state index contributed by atoms with van der Waals surface area (Å²) in [5.41, 5.74) is 1.44. The molecule has 2 aromatic carbocycles. The molecule has 2 aromatic rings. The number of rotatable bonds is 6. The van der Waals surface area contributed by atoms with E-state index < -0.39 is 17.8 Å².